The molecule has 4 aromatic rings. The third-order valence-electron chi connectivity index (χ3n) is 4.61. The van der Waals surface area contributed by atoms with E-state index in [9.17, 15) is 4.79 Å². The Morgan fingerprint density at radius 2 is 1.96 bits per heavy atom. The van der Waals surface area contributed by atoms with E-state index in [1.165, 1.54) is 0 Å². The van der Waals surface area contributed by atoms with Gasteiger partial charge in [0.2, 0.25) is 0 Å². The van der Waals surface area contributed by atoms with E-state index in [2.05, 4.69) is 20.0 Å². The highest BCUT2D eigenvalue weighted by molar-refractivity contribution is 6.33. The van der Waals surface area contributed by atoms with Gasteiger partial charge in [-0.1, -0.05) is 47.1 Å². The van der Waals surface area contributed by atoms with Crippen LogP contribution in [0.15, 0.2) is 59.4 Å². The van der Waals surface area contributed by atoms with Crippen LogP contribution in [0.1, 0.15) is 22.5 Å². The standard InChI is InChI=1S/C21H19ClN4O2/c1-14-19(20(25-28-14)15-7-2-3-8-16(15)22)21(27)23-11-6-12-26-13-24-17-9-4-5-10-18(17)26/h2-5,7-10,13H,6,11-12H2,1H3,(H,23,27). The van der Waals surface area contributed by atoms with E-state index in [1.807, 2.05) is 48.8 Å². The summed E-state index contributed by atoms with van der Waals surface area (Å²) in [6.45, 7) is 3.01. The molecule has 1 amide bonds. The van der Waals surface area contributed by atoms with Crippen molar-refractivity contribution in [2.24, 2.45) is 0 Å². The molecular formula is C21H19ClN4O2. The lowest BCUT2D eigenvalue weighted by Crippen LogP contribution is -2.26. The molecule has 6 nitrogen and oxygen atoms in total. The topological polar surface area (TPSA) is 73.0 Å². The molecule has 0 bridgehead atoms. The molecular weight excluding hydrogens is 376 g/mol. The van der Waals surface area contributed by atoms with Gasteiger partial charge in [0.05, 0.1) is 22.4 Å². The molecule has 4 rings (SSSR count). The first kappa shape index (κ1) is 18.3. The minimum absolute atomic E-state index is 0.218. The number of aryl methyl sites for hydroxylation is 2. The number of nitrogens with one attached hydrogen (secondary N) is 1. The zero-order valence-electron chi connectivity index (χ0n) is 15.4. The number of hydrogen-bond donors (Lipinski definition) is 1. The summed E-state index contributed by atoms with van der Waals surface area (Å²) in [7, 11) is 0. The molecule has 0 aliphatic rings. The summed E-state index contributed by atoms with van der Waals surface area (Å²) in [6.07, 6.45) is 2.60. The summed E-state index contributed by atoms with van der Waals surface area (Å²) in [5.41, 5.74) is 3.61. The third-order valence-corrected chi connectivity index (χ3v) is 4.94. The molecule has 2 aromatic heterocycles. The van der Waals surface area contributed by atoms with Crippen LogP contribution >= 0.6 is 11.6 Å². The van der Waals surface area contributed by atoms with Gasteiger partial charge in [-0.3, -0.25) is 4.79 Å². The van der Waals surface area contributed by atoms with Crippen LogP contribution in [0.2, 0.25) is 5.02 Å². The molecule has 28 heavy (non-hydrogen) atoms. The Labute approximate surface area is 167 Å². The Kier molecular flexibility index (Phi) is 5.12. The molecule has 0 fully saturated rings. The first-order valence-electron chi connectivity index (χ1n) is 9.04. The molecule has 2 aromatic carbocycles. The van der Waals surface area contributed by atoms with Gasteiger partial charge in [0, 0.05) is 18.7 Å². The molecule has 0 saturated heterocycles. The van der Waals surface area contributed by atoms with Crippen LogP contribution in [0.3, 0.4) is 0 Å². The van der Waals surface area contributed by atoms with Crippen LogP contribution in [-0.4, -0.2) is 27.2 Å². The maximum absolute atomic E-state index is 12.7. The van der Waals surface area contributed by atoms with Gasteiger partial charge >= 0.3 is 0 Å². The Morgan fingerprint density at radius 1 is 1.18 bits per heavy atom. The number of para-hydroxylation sites is 2. The van der Waals surface area contributed by atoms with Crippen LogP contribution in [0.4, 0.5) is 0 Å². The number of nitrogens with zero attached hydrogens (tertiary/aromatic N) is 3. The Balaban J connectivity index is 1.42. The second-order valence-electron chi connectivity index (χ2n) is 6.48. The monoisotopic (exact) mass is 394 g/mol. The normalized spacial score (nSPS) is 11.1. The van der Waals surface area contributed by atoms with Gasteiger partial charge < -0.3 is 14.4 Å². The molecule has 0 unspecified atom stereocenters. The summed E-state index contributed by atoms with van der Waals surface area (Å²) >= 11 is 6.25. The van der Waals surface area contributed by atoms with Crippen molar-refractivity contribution in [3.63, 3.8) is 0 Å². The quantitative estimate of drug-likeness (QED) is 0.489. The molecule has 0 aliphatic carbocycles. The van der Waals surface area contributed by atoms with Crippen molar-refractivity contribution in [1.29, 1.82) is 0 Å². The van der Waals surface area contributed by atoms with Crippen LogP contribution in [-0.2, 0) is 6.54 Å². The molecule has 7 heteroatoms. The lowest BCUT2D eigenvalue weighted by atomic mass is 10.1. The van der Waals surface area contributed by atoms with Crippen LogP contribution in [0.25, 0.3) is 22.3 Å². The predicted molar refractivity (Wildman–Crippen MR) is 108 cm³/mol. The van der Waals surface area contributed by atoms with Gasteiger partial charge in [-0.05, 0) is 31.5 Å². The molecule has 2 heterocycles. The Hall–Kier alpha value is -3.12. The van der Waals surface area contributed by atoms with Crippen LogP contribution in [0, 0.1) is 6.92 Å². The van der Waals surface area contributed by atoms with Gasteiger partial charge in [-0.15, -0.1) is 0 Å². The molecule has 0 aliphatic heterocycles. The van der Waals surface area contributed by atoms with E-state index in [4.69, 9.17) is 16.1 Å². The van der Waals surface area contributed by atoms with Crippen LogP contribution in [0.5, 0.6) is 0 Å². The summed E-state index contributed by atoms with van der Waals surface area (Å²) in [5.74, 6) is 0.247. The maximum Gasteiger partial charge on any atom is 0.257 e. The Bertz CT molecular complexity index is 1130. The number of rotatable bonds is 6. The largest absolute Gasteiger partial charge is 0.360 e. The summed E-state index contributed by atoms with van der Waals surface area (Å²) < 4.78 is 7.34. The second-order valence-corrected chi connectivity index (χ2v) is 6.89. The number of fused-ring (bicyclic) bond motifs is 1. The first-order valence-corrected chi connectivity index (χ1v) is 9.42. The Morgan fingerprint density at radius 3 is 2.82 bits per heavy atom. The van der Waals surface area contributed by atoms with Crippen molar-refractivity contribution in [1.82, 2.24) is 20.0 Å². The van der Waals surface area contributed by atoms with E-state index in [0.717, 1.165) is 24.0 Å². The lowest BCUT2D eigenvalue weighted by Gasteiger charge is -2.08. The zero-order valence-corrected chi connectivity index (χ0v) is 16.1. The van der Waals surface area contributed by atoms with Gasteiger partial charge in [0.15, 0.2) is 0 Å². The fourth-order valence-electron chi connectivity index (χ4n) is 3.20. The van der Waals surface area contributed by atoms with E-state index < -0.39 is 0 Å². The third kappa shape index (κ3) is 3.51. The average Bonchev–Trinajstić information content (AvgIpc) is 3.29. The molecule has 0 spiro atoms. The van der Waals surface area contributed by atoms with Gasteiger partial charge in [-0.25, -0.2) is 4.98 Å². The SMILES string of the molecule is Cc1onc(-c2ccccc2Cl)c1C(=O)NCCCn1cnc2ccccc21. The van der Waals surface area contributed by atoms with Crippen molar-refractivity contribution < 1.29 is 9.32 Å². The van der Waals surface area contributed by atoms with Crippen LogP contribution < -0.4 is 5.32 Å². The van der Waals surface area contributed by atoms with E-state index >= 15 is 0 Å². The fraction of sp³-hybridized carbons (Fsp3) is 0.190. The minimum atomic E-state index is -0.218. The van der Waals surface area contributed by atoms with E-state index in [1.54, 1.807) is 13.0 Å². The molecule has 0 atom stereocenters. The summed E-state index contributed by atoms with van der Waals surface area (Å²) in [5, 5.41) is 7.51. The van der Waals surface area contributed by atoms with Crippen molar-refractivity contribution >= 4 is 28.5 Å². The average molecular weight is 395 g/mol. The number of halogens is 1. The number of amides is 1. The highest BCUT2D eigenvalue weighted by Gasteiger charge is 2.22. The van der Waals surface area contributed by atoms with Gasteiger partial charge in [-0.2, -0.15) is 0 Å². The number of benzene rings is 2. The van der Waals surface area contributed by atoms with Crippen molar-refractivity contribution in [2.45, 2.75) is 19.9 Å². The minimum Gasteiger partial charge on any atom is -0.360 e. The highest BCUT2D eigenvalue weighted by atomic mass is 35.5. The highest BCUT2D eigenvalue weighted by Crippen LogP contribution is 2.30. The molecule has 1 N–H and O–H groups in total. The zero-order chi connectivity index (χ0) is 19.5. The fourth-order valence-corrected chi connectivity index (χ4v) is 3.43. The van der Waals surface area contributed by atoms with Gasteiger partial charge in [0.25, 0.3) is 5.91 Å². The first-order chi connectivity index (χ1) is 13.6. The predicted octanol–water partition coefficient (Wildman–Crippen LogP) is 4.47. The summed E-state index contributed by atoms with van der Waals surface area (Å²) in [4.78, 5) is 17.1. The number of hydrogen-bond acceptors (Lipinski definition) is 4. The molecule has 0 radical (unpaired) electrons. The lowest BCUT2D eigenvalue weighted by molar-refractivity contribution is 0.0952. The number of carbonyl (C=O) groups excluding carboxylic acids is 1. The number of aromatic nitrogens is 3. The van der Waals surface area contributed by atoms with Gasteiger partial charge in [0.1, 0.15) is 17.0 Å². The molecule has 0 saturated carbocycles. The van der Waals surface area contributed by atoms with Crippen molar-refractivity contribution in [2.75, 3.05) is 6.54 Å². The molecule has 142 valence electrons. The van der Waals surface area contributed by atoms with Crippen molar-refractivity contribution in [3.8, 4) is 11.3 Å². The second kappa shape index (κ2) is 7.86. The van der Waals surface area contributed by atoms with E-state index in [0.29, 0.717) is 34.1 Å². The smallest absolute Gasteiger partial charge is 0.257 e. The maximum atomic E-state index is 12.7. The number of carbonyl (C=O) groups is 1. The van der Waals surface area contributed by atoms with E-state index in [-0.39, 0.29) is 5.91 Å². The number of imidazole rings is 1. The van der Waals surface area contributed by atoms with Crippen molar-refractivity contribution in [3.05, 3.63) is 71.2 Å². The summed E-state index contributed by atoms with van der Waals surface area (Å²) in [6, 6.07) is 15.3.